The van der Waals surface area contributed by atoms with Crippen molar-refractivity contribution in [2.45, 2.75) is 4.90 Å². The van der Waals surface area contributed by atoms with Crippen LogP contribution >= 0.6 is 12.6 Å². The van der Waals surface area contributed by atoms with Gasteiger partial charge in [-0.3, -0.25) is 0 Å². The van der Waals surface area contributed by atoms with E-state index < -0.39 is 5.82 Å². The Morgan fingerprint density at radius 1 is 1.64 bits per heavy atom. The van der Waals surface area contributed by atoms with Crippen LogP contribution in [0.25, 0.3) is 0 Å². The van der Waals surface area contributed by atoms with Crippen molar-refractivity contribution in [3.63, 3.8) is 0 Å². The molecule has 0 saturated carbocycles. The first kappa shape index (κ1) is 11.2. The summed E-state index contributed by atoms with van der Waals surface area (Å²) in [5.74, 6) is -0.180. The number of hydrogen-bond donors (Lipinski definition) is 2. The molecule has 0 amide bonds. The van der Waals surface area contributed by atoms with Gasteiger partial charge in [-0.25, -0.2) is 9.37 Å². The molecular weight excluding hydrogens is 174 g/mol. The van der Waals surface area contributed by atoms with Crippen molar-refractivity contribution in [3.05, 3.63) is 18.1 Å². The van der Waals surface area contributed by atoms with Gasteiger partial charge in [0.05, 0.1) is 0 Å². The Bertz CT molecular complexity index is 244. The molecule has 1 heterocycles. The quantitative estimate of drug-likeness (QED) is 0.498. The van der Waals surface area contributed by atoms with E-state index in [0.29, 0.717) is 4.90 Å². The number of aromatic nitrogens is 1. The first-order chi connectivity index (χ1) is 4.75. The summed E-state index contributed by atoms with van der Waals surface area (Å²) in [6.45, 7) is 0. The van der Waals surface area contributed by atoms with Crippen LogP contribution in [0, 0.1) is 5.82 Å². The van der Waals surface area contributed by atoms with Gasteiger partial charge in [0.1, 0.15) is 0 Å². The van der Waals surface area contributed by atoms with Crippen LogP contribution in [0.5, 0.6) is 0 Å². The summed E-state index contributed by atoms with van der Waals surface area (Å²) in [7, 11) is 1.61. The summed E-state index contributed by atoms with van der Waals surface area (Å²) in [6.07, 6.45) is 1.50. The van der Waals surface area contributed by atoms with Gasteiger partial charge in [-0.05, 0) is 6.07 Å². The maximum absolute atomic E-state index is 12.8. The van der Waals surface area contributed by atoms with Crippen LogP contribution in [-0.2, 0) is 0 Å². The number of halogens is 1. The van der Waals surface area contributed by atoms with Crippen molar-refractivity contribution in [2.24, 2.45) is 0 Å². The fourth-order valence-corrected chi connectivity index (χ4v) is 0.780. The monoisotopic (exact) mass is 182 g/mol. The zero-order valence-electron chi connectivity index (χ0n) is 5.43. The molecule has 56 valence electrons. The molecule has 1 aromatic heterocycles. The topological polar surface area (TPSA) is 24.9 Å². The number of anilines is 1. The van der Waals surface area contributed by atoms with Crippen molar-refractivity contribution in [1.29, 1.82) is 0 Å². The van der Waals surface area contributed by atoms with Crippen molar-refractivity contribution in [3.8, 4) is 0 Å². The minimum absolute atomic E-state index is 0. The Kier molecular flexibility index (Phi) is 5.08. The predicted molar refractivity (Wildman–Crippen MR) is 48.1 cm³/mol. The summed E-state index contributed by atoms with van der Waals surface area (Å²) in [5, 5.41) is 2.60. The molecule has 0 aliphatic heterocycles. The molecule has 0 unspecified atom stereocenters. The molecule has 0 saturated heterocycles. The van der Waals surface area contributed by atoms with Gasteiger partial charge in [0.25, 0.3) is 0 Å². The molecule has 11 heavy (non-hydrogen) atoms. The zero-order chi connectivity index (χ0) is 7.56. The molecule has 0 spiro atoms. The molecule has 0 atom stereocenters. The summed E-state index contributed by atoms with van der Waals surface area (Å²) >= 11 is 3.87. The van der Waals surface area contributed by atoms with E-state index >= 15 is 0 Å². The van der Waals surface area contributed by atoms with Crippen molar-refractivity contribution < 1.29 is 4.39 Å². The molecule has 1 N–H and O–H groups in total. The Labute approximate surface area is 92.3 Å². The van der Waals surface area contributed by atoms with E-state index in [9.17, 15) is 4.39 Å². The van der Waals surface area contributed by atoms with Gasteiger partial charge in [-0.1, -0.05) is 0 Å². The molecule has 2 nitrogen and oxygen atoms in total. The van der Waals surface area contributed by atoms with E-state index in [1.807, 2.05) is 0 Å². The number of pyridine rings is 1. The average molecular weight is 182 g/mol. The van der Waals surface area contributed by atoms with Crippen LogP contribution in [0.4, 0.5) is 10.2 Å². The van der Waals surface area contributed by atoms with Crippen LogP contribution in [0.2, 0.25) is 0 Å². The van der Waals surface area contributed by atoms with Crippen molar-refractivity contribution in [1.82, 2.24) is 4.98 Å². The number of rotatable bonds is 1. The van der Waals surface area contributed by atoms with Gasteiger partial charge in [0.15, 0.2) is 11.6 Å². The van der Waals surface area contributed by atoms with Crippen molar-refractivity contribution in [2.75, 3.05) is 12.4 Å². The molecule has 5 heteroatoms. The Morgan fingerprint density at radius 2 is 2.27 bits per heavy atom. The molecule has 1 aromatic rings. The molecule has 0 aliphatic carbocycles. The van der Waals surface area contributed by atoms with E-state index in [1.54, 1.807) is 7.05 Å². The first-order valence-corrected chi connectivity index (χ1v) is 3.21. The van der Waals surface area contributed by atoms with Gasteiger partial charge in [-0.2, -0.15) is 0 Å². The SMILES string of the molecule is CNc1nccc(S)c1F.[NaH]. The van der Waals surface area contributed by atoms with Gasteiger partial charge in [0.2, 0.25) is 0 Å². The molecular formula is C6H8FN2NaS. The number of thiol groups is 1. The molecule has 0 aromatic carbocycles. The van der Waals surface area contributed by atoms with Crippen LogP contribution in [0.15, 0.2) is 17.2 Å². The summed E-state index contributed by atoms with van der Waals surface area (Å²) < 4.78 is 12.8. The first-order valence-electron chi connectivity index (χ1n) is 2.77. The van der Waals surface area contributed by atoms with E-state index in [1.165, 1.54) is 12.3 Å². The number of hydrogen-bond acceptors (Lipinski definition) is 3. The van der Waals surface area contributed by atoms with Crippen LogP contribution in [0.1, 0.15) is 0 Å². The standard InChI is InChI=1S/C6H7FN2S.Na.H/c1-8-6-5(7)4(10)2-3-9-6;;/h2-3H,1H3,(H2,8,9,10);;. The molecule has 0 aliphatic rings. The van der Waals surface area contributed by atoms with Gasteiger partial charge in [0, 0.05) is 18.1 Å². The van der Waals surface area contributed by atoms with Gasteiger partial charge < -0.3 is 5.32 Å². The third-order valence-electron chi connectivity index (χ3n) is 1.11. The third kappa shape index (κ3) is 2.63. The second-order valence-corrected chi connectivity index (χ2v) is 2.22. The van der Waals surface area contributed by atoms with Crippen molar-refractivity contribution >= 4 is 48.0 Å². The van der Waals surface area contributed by atoms with E-state index in [0.717, 1.165) is 0 Å². The fourth-order valence-electron chi connectivity index (χ4n) is 0.608. The second kappa shape index (κ2) is 4.98. The molecule has 0 radical (unpaired) electrons. The normalized spacial score (nSPS) is 8.64. The maximum atomic E-state index is 12.8. The van der Waals surface area contributed by atoms with E-state index in [-0.39, 0.29) is 35.4 Å². The molecule has 1 rings (SSSR count). The summed E-state index contributed by atoms with van der Waals surface area (Å²) in [4.78, 5) is 4.03. The summed E-state index contributed by atoms with van der Waals surface area (Å²) in [6, 6.07) is 1.50. The Morgan fingerprint density at radius 3 is 2.73 bits per heavy atom. The molecule has 0 fully saturated rings. The molecule has 0 bridgehead atoms. The predicted octanol–water partition coefficient (Wildman–Crippen LogP) is 0.903. The van der Waals surface area contributed by atoms with Gasteiger partial charge >= 0.3 is 29.6 Å². The van der Waals surface area contributed by atoms with Gasteiger partial charge in [-0.15, -0.1) is 12.6 Å². The minimum atomic E-state index is -0.409. The summed E-state index contributed by atoms with van der Waals surface area (Å²) in [5.41, 5.74) is 0. The Balaban J connectivity index is 0.000001000. The number of nitrogens with one attached hydrogen (secondary N) is 1. The fraction of sp³-hybridized carbons (Fsp3) is 0.167. The van der Waals surface area contributed by atoms with E-state index in [2.05, 4.69) is 22.9 Å². The second-order valence-electron chi connectivity index (χ2n) is 1.74. The number of nitrogens with zero attached hydrogens (tertiary/aromatic N) is 1. The van der Waals surface area contributed by atoms with Crippen LogP contribution < -0.4 is 5.32 Å². The van der Waals surface area contributed by atoms with Crippen LogP contribution in [-0.4, -0.2) is 41.6 Å². The Hall–Kier alpha value is 0.230. The zero-order valence-corrected chi connectivity index (χ0v) is 6.32. The van der Waals surface area contributed by atoms with Crippen LogP contribution in [0.3, 0.4) is 0 Å². The average Bonchev–Trinajstić information content (AvgIpc) is 1.95. The van der Waals surface area contributed by atoms with E-state index in [4.69, 9.17) is 0 Å². The third-order valence-corrected chi connectivity index (χ3v) is 1.45.